The first-order valence-corrected chi connectivity index (χ1v) is 7.16. The standard InChI is InChI=1S/C12H4Cl4N2O5/c13-5-3-11(7(15)1-9(5)17(19)20)23-12-4-6(14)10(18(21)22)2-8(12)16/h1-4H. The van der Waals surface area contributed by atoms with Gasteiger partial charge >= 0.3 is 0 Å². The molecule has 23 heavy (non-hydrogen) atoms. The van der Waals surface area contributed by atoms with Gasteiger partial charge in [-0.2, -0.15) is 0 Å². The van der Waals surface area contributed by atoms with Crippen molar-refractivity contribution in [2.75, 3.05) is 0 Å². The van der Waals surface area contributed by atoms with E-state index in [1.807, 2.05) is 0 Å². The summed E-state index contributed by atoms with van der Waals surface area (Å²) in [6.07, 6.45) is 0. The van der Waals surface area contributed by atoms with Crippen LogP contribution in [0.15, 0.2) is 24.3 Å². The van der Waals surface area contributed by atoms with E-state index in [-0.39, 0.29) is 31.6 Å². The van der Waals surface area contributed by atoms with Crippen LogP contribution in [0.4, 0.5) is 11.4 Å². The summed E-state index contributed by atoms with van der Waals surface area (Å²) in [5, 5.41) is 21.0. The van der Waals surface area contributed by atoms with Crippen LogP contribution in [-0.2, 0) is 0 Å². The molecule has 2 rings (SSSR count). The monoisotopic (exact) mass is 396 g/mol. The zero-order valence-electron chi connectivity index (χ0n) is 10.8. The molecule has 0 aliphatic rings. The Balaban J connectivity index is 2.44. The molecule has 0 amide bonds. The summed E-state index contributed by atoms with van der Waals surface area (Å²) in [6.45, 7) is 0. The molecule has 0 saturated carbocycles. The van der Waals surface area contributed by atoms with E-state index in [2.05, 4.69) is 0 Å². The van der Waals surface area contributed by atoms with E-state index < -0.39 is 21.2 Å². The summed E-state index contributed by atoms with van der Waals surface area (Å²) in [5.74, 6) is -0.0387. The van der Waals surface area contributed by atoms with Gasteiger partial charge in [0, 0.05) is 24.3 Å². The van der Waals surface area contributed by atoms with E-state index in [0.29, 0.717) is 0 Å². The highest BCUT2D eigenvalue weighted by atomic mass is 35.5. The van der Waals surface area contributed by atoms with Crippen LogP contribution in [0, 0.1) is 20.2 Å². The van der Waals surface area contributed by atoms with Crippen molar-refractivity contribution in [2.45, 2.75) is 0 Å². The van der Waals surface area contributed by atoms with Crippen molar-refractivity contribution < 1.29 is 14.6 Å². The van der Waals surface area contributed by atoms with E-state index in [9.17, 15) is 20.2 Å². The van der Waals surface area contributed by atoms with Crippen LogP contribution in [0.1, 0.15) is 0 Å². The smallest absolute Gasteiger partial charge is 0.289 e. The molecule has 2 aromatic rings. The Kier molecular flexibility index (Phi) is 5.16. The van der Waals surface area contributed by atoms with Crippen LogP contribution < -0.4 is 4.74 Å². The van der Waals surface area contributed by atoms with Crippen LogP contribution in [0.5, 0.6) is 11.5 Å². The Morgan fingerprint density at radius 2 is 1.04 bits per heavy atom. The second-order valence-electron chi connectivity index (χ2n) is 4.08. The first-order valence-electron chi connectivity index (χ1n) is 5.65. The van der Waals surface area contributed by atoms with Crippen molar-refractivity contribution >= 4 is 57.8 Å². The highest BCUT2D eigenvalue weighted by molar-refractivity contribution is 6.36. The molecule has 0 aromatic heterocycles. The van der Waals surface area contributed by atoms with Crippen LogP contribution in [0.2, 0.25) is 20.1 Å². The van der Waals surface area contributed by atoms with Crippen molar-refractivity contribution in [3.8, 4) is 11.5 Å². The molecule has 7 nitrogen and oxygen atoms in total. The van der Waals surface area contributed by atoms with Crippen molar-refractivity contribution in [2.24, 2.45) is 0 Å². The third-order valence-corrected chi connectivity index (χ3v) is 3.81. The number of nitrogens with zero attached hydrogens (tertiary/aromatic N) is 2. The number of nitro groups is 2. The number of rotatable bonds is 4. The van der Waals surface area contributed by atoms with Crippen molar-refractivity contribution in [1.29, 1.82) is 0 Å². The van der Waals surface area contributed by atoms with Crippen molar-refractivity contribution in [3.05, 3.63) is 64.6 Å². The minimum Gasteiger partial charge on any atom is -0.454 e. The second-order valence-corrected chi connectivity index (χ2v) is 5.71. The minimum atomic E-state index is -0.701. The van der Waals surface area contributed by atoms with Crippen LogP contribution in [-0.4, -0.2) is 9.85 Å². The van der Waals surface area contributed by atoms with Crippen LogP contribution in [0.3, 0.4) is 0 Å². The number of nitro benzene ring substituents is 2. The van der Waals surface area contributed by atoms with Crippen molar-refractivity contribution in [3.63, 3.8) is 0 Å². The Labute approximate surface area is 148 Å². The van der Waals surface area contributed by atoms with Gasteiger partial charge in [0.2, 0.25) is 0 Å². The molecule has 0 heterocycles. The normalized spacial score (nSPS) is 10.4. The molecule has 11 heteroatoms. The Morgan fingerprint density at radius 1 is 0.696 bits per heavy atom. The van der Waals surface area contributed by atoms with Gasteiger partial charge in [-0.1, -0.05) is 46.4 Å². The lowest BCUT2D eigenvalue weighted by Gasteiger charge is -2.10. The third kappa shape index (κ3) is 3.76. The molecular formula is C12H4Cl4N2O5. The molecular weight excluding hydrogens is 394 g/mol. The molecule has 0 aliphatic carbocycles. The first-order chi connectivity index (χ1) is 10.7. The van der Waals surface area contributed by atoms with Gasteiger partial charge < -0.3 is 4.74 Å². The molecule has 120 valence electrons. The predicted octanol–water partition coefficient (Wildman–Crippen LogP) is 5.91. The molecule has 0 saturated heterocycles. The van der Waals surface area contributed by atoms with Gasteiger partial charge in [-0.3, -0.25) is 20.2 Å². The van der Waals surface area contributed by atoms with Gasteiger partial charge in [0.1, 0.15) is 21.5 Å². The fraction of sp³-hybridized carbons (Fsp3) is 0. The summed E-state index contributed by atoms with van der Waals surface area (Å²) < 4.78 is 5.39. The number of ether oxygens (including phenoxy) is 1. The molecule has 0 fully saturated rings. The summed E-state index contributed by atoms with van der Waals surface area (Å²) in [7, 11) is 0. The number of benzene rings is 2. The highest BCUT2D eigenvalue weighted by Crippen LogP contribution is 2.41. The molecule has 0 atom stereocenters. The molecule has 0 spiro atoms. The van der Waals surface area contributed by atoms with Gasteiger partial charge in [-0.15, -0.1) is 0 Å². The number of halogens is 4. The quantitative estimate of drug-likeness (QED) is 0.472. The van der Waals surface area contributed by atoms with Gasteiger partial charge in [0.25, 0.3) is 11.4 Å². The fourth-order valence-electron chi connectivity index (χ4n) is 1.59. The molecule has 2 aromatic carbocycles. The van der Waals surface area contributed by atoms with Crippen LogP contribution in [0.25, 0.3) is 0 Å². The van der Waals surface area contributed by atoms with Gasteiger partial charge in [-0.05, 0) is 0 Å². The topological polar surface area (TPSA) is 95.5 Å². The van der Waals surface area contributed by atoms with Gasteiger partial charge in [0.05, 0.1) is 19.9 Å². The summed E-state index contributed by atoms with van der Waals surface area (Å²) in [5.41, 5.74) is -0.784. The maximum atomic E-state index is 10.8. The highest BCUT2D eigenvalue weighted by Gasteiger charge is 2.20. The van der Waals surface area contributed by atoms with Gasteiger partial charge in [0.15, 0.2) is 0 Å². The van der Waals surface area contributed by atoms with Gasteiger partial charge in [-0.25, -0.2) is 0 Å². The lowest BCUT2D eigenvalue weighted by atomic mass is 10.3. The molecule has 0 radical (unpaired) electrons. The zero-order valence-corrected chi connectivity index (χ0v) is 13.8. The number of hydrogen-bond acceptors (Lipinski definition) is 5. The lowest BCUT2D eigenvalue weighted by molar-refractivity contribution is -0.384. The van der Waals surface area contributed by atoms with E-state index in [1.165, 1.54) is 0 Å². The molecule has 0 bridgehead atoms. The van der Waals surface area contributed by atoms with E-state index in [0.717, 1.165) is 24.3 Å². The Hall–Kier alpha value is -1.80. The van der Waals surface area contributed by atoms with E-state index in [4.69, 9.17) is 51.1 Å². The average molecular weight is 398 g/mol. The molecule has 0 aliphatic heterocycles. The second kappa shape index (κ2) is 6.76. The summed E-state index contributed by atoms with van der Waals surface area (Å²) in [4.78, 5) is 20.1. The minimum absolute atomic E-state index is 0.0194. The number of hydrogen-bond donors (Lipinski definition) is 0. The molecule has 0 unspecified atom stereocenters. The lowest BCUT2D eigenvalue weighted by Crippen LogP contribution is -1.94. The van der Waals surface area contributed by atoms with E-state index >= 15 is 0 Å². The largest absolute Gasteiger partial charge is 0.454 e. The fourth-order valence-corrected chi connectivity index (χ4v) is 2.43. The SMILES string of the molecule is O=[N+]([O-])c1cc(Cl)c(Oc2cc(Cl)c([N+](=O)[O-])cc2Cl)cc1Cl. The predicted molar refractivity (Wildman–Crippen MR) is 86.3 cm³/mol. The van der Waals surface area contributed by atoms with Crippen LogP contribution >= 0.6 is 46.4 Å². The third-order valence-electron chi connectivity index (χ3n) is 2.62. The van der Waals surface area contributed by atoms with E-state index in [1.54, 1.807) is 0 Å². The Bertz CT molecular complexity index is 760. The zero-order chi connectivity index (χ0) is 17.3. The Morgan fingerprint density at radius 3 is 1.35 bits per heavy atom. The summed E-state index contributed by atoms with van der Waals surface area (Å²) >= 11 is 23.3. The van der Waals surface area contributed by atoms with Crippen molar-refractivity contribution in [1.82, 2.24) is 0 Å². The average Bonchev–Trinajstić information content (AvgIpc) is 2.45. The first kappa shape index (κ1) is 17.6. The maximum Gasteiger partial charge on any atom is 0.289 e. The summed E-state index contributed by atoms with van der Waals surface area (Å²) in [6, 6.07) is 4.29. The molecule has 0 N–H and O–H groups in total. The maximum absolute atomic E-state index is 10.8.